The van der Waals surface area contributed by atoms with Crippen LogP contribution < -0.4 is 5.32 Å². The molecule has 116 valence electrons. The average Bonchev–Trinajstić information content (AvgIpc) is 2.45. The summed E-state index contributed by atoms with van der Waals surface area (Å²) in [5.74, 6) is 1.11. The molecule has 0 saturated heterocycles. The Morgan fingerprint density at radius 1 is 1.27 bits per heavy atom. The second kappa shape index (κ2) is 6.87. The third-order valence-corrected chi connectivity index (χ3v) is 4.34. The lowest BCUT2D eigenvalue weighted by Gasteiger charge is -2.19. The Morgan fingerprint density at radius 2 is 1.95 bits per heavy atom. The summed E-state index contributed by atoms with van der Waals surface area (Å²) >= 11 is 8.44. The van der Waals surface area contributed by atoms with Crippen LogP contribution >= 0.6 is 34.2 Å². The summed E-state index contributed by atoms with van der Waals surface area (Å²) in [5.41, 5.74) is 8.47. The zero-order chi connectivity index (χ0) is 16.3. The number of aromatic nitrogens is 2. The predicted molar refractivity (Wildman–Crippen MR) is 97.0 cm³/mol. The molecule has 0 aliphatic heterocycles. The number of hydrogen-bond acceptors (Lipinski definition) is 5. The molecule has 5 nitrogen and oxygen atoms in total. The fourth-order valence-electron chi connectivity index (χ4n) is 1.81. The van der Waals surface area contributed by atoms with E-state index in [2.05, 4.69) is 43.0 Å². The number of hydrogen-bond donors (Lipinski definition) is 2. The third kappa shape index (κ3) is 3.92. The van der Waals surface area contributed by atoms with E-state index < -0.39 is 0 Å². The zero-order valence-electron chi connectivity index (χ0n) is 12.6. The summed E-state index contributed by atoms with van der Waals surface area (Å²) in [6, 6.07) is 8.07. The molecule has 0 aliphatic carbocycles. The maximum atomic E-state index is 7.30. The van der Waals surface area contributed by atoms with Crippen LogP contribution in [0.25, 0.3) is 0 Å². The van der Waals surface area contributed by atoms with Gasteiger partial charge in [0.25, 0.3) is 0 Å². The first-order valence-corrected chi connectivity index (χ1v) is 8.21. The van der Waals surface area contributed by atoms with Crippen LogP contribution in [-0.2, 0) is 12.0 Å². The van der Waals surface area contributed by atoms with Crippen molar-refractivity contribution in [2.24, 2.45) is 5.11 Å². The van der Waals surface area contributed by atoms with Gasteiger partial charge in [0, 0.05) is 15.5 Å². The maximum Gasteiger partial charge on any atom is 0.165 e. The number of nitrogens with one attached hydrogen (secondary N) is 2. The van der Waals surface area contributed by atoms with Crippen LogP contribution in [0.2, 0.25) is 5.15 Å². The van der Waals surface area contributed by atoms with Gasteiger partial charge in [-0.1, -0.05) is 50.6 Å². The SMILES string of the molecule is CC(C)(C)c1nc(Cl)c(N=N)c(NCc2ccccc2I)n1. The van der Waals surface area contributed by atoms with E-state index in [0.717, 1.165) is 9.13 Å². The molecule has 1 aromatic heterocycles. The molecule has 0 radical (unpaired) electrons. The number of nitrogens with zero attached hydrogens (tertiary/aromatic N) is 3. The van der Waals surface area contributed by atoms with Crippen LogP contribution in [0.4, 0.5) is 11.5 Å². The Kier molecular flexibility index (Phi) is 5.33. The van der Waals surface area contributed by atoms with Gasteiger partial charge in [-0.2, -0.15) is 5.11 Å². The van der Waals surface area contributed by atoms with Gasteiger partial charge in [-0.15, -0.1) is 0 Å². The van der Waals surface area contributed by atoms with Crippen molar-refractivity contribution in [2.75, 3.05) is 5.32 Å². The summed E-state index contributed by atoms with van der Waals surface area (Å²) in [6.07, 6.45) is 0. The van der Waals surface area contributed by atoms with Crippen molar-refractivity contribution in [1.29, 1.82) is 5.53 Å². The second-order valence-corrected chi connectivity index (χ2v) is 7.36. The van der Waals surface area contributed by atoms with Gasteiger partial charge in [0.2, 0.25) is 0 Å². The highest BCUT2D eigenvalue weighted by Gasteiger charge is 2.22. The fourth-order valence-corrected chi connectivity index (χ4v) is 2.60. The molecule has 1 heterocycles. The highest BCUT2D eigenvalue weighted by molar-refractivity contribution is 14.1. The van der Waals surface area contributed by atoms with Crippen molar-refractivity contribution < 1.29 is 0 Å². The number of anilines is 1. The molecule has 22 heavy (non-hydrogen) atoms. The molecule has 0 fully saturated rings. The predicted octanol–water partition coefficient (Wildman–Crippen LogP) is 5.31. The molecule has 1 aromatic carbocycles. The van der Waals surface area contributed by atoms with Crippen molar-refractivity contribution in [2.45, 2.75) is 32.7 Å². The Morgan fingerprint density at radius 3 is 2.55 bits per heavy atom. The zero-order valence-corrected chi connectivity index (χ0v) is 15.5. The summed E-state index contributed by atoms with van der Waals surface area (Å²) in [7, 11) is 0. The van der Waals surface area contributed by atoms with Crippen LogP contribution in [0.3, 0.4) is 0 Å². The van der Waals surface area contributed by atoms with E-state index in [-0.39, 0.29) is 16.3 Å². The molecule has 0 atom stereocenters. The van der Waals surface area contributed by atoms with Gasteiger partial charge in [0.1, 0.15) is 5.82 Å². The van der Waals surface area contributed by atoms with Crippen molar-refractivity contribution >= 4 is 45.7 Å². The van der Waals surface area contributed by atoms with Gasteiger partial charge < -0.3 is 5.32 Å². The van der Waals surface area contributed by atoms with Gasteiger partial charge in [0.05, 0.1) is 0 Å². The van der Waals surface area contributed by atoms with E-state index in [1.54, 1.807) is 0 Å². The fraction of sp³-hybridized carbons (Fsp3) is 0.333. The van der Waals surface area contributed by atoms with E-state index in [9.17, 15) is 0 Å². The first-order valence-electron chi connectivity index (χ1n) is 6.75. The molecule has 0 amide bonds. The van der Waals surface area contributed by atoms with Crippen LogP contribution in [0.15, 0.2) is 29.4 Å². The molecule has 0 unspecified atom stereocenters. The van der Waals surface area contributed by atoms with E-state index in [1.807, 2.05) is 45.0 Å². The van der Waals surface area contributed by atoms with E-state index in [0.29, 0.717) is 18.2 Å². The molecule has 0 bridgehead atoms. The largest absolute Gasteiger partial charge is 0.364 e. The number of halogens is 2. The van der Waals surface area contributed by atoms with Crippen LogP contribution in [-0.4, -0.2) is 9.97 Å². The Hall–Kier alpha value is -1.28. The van der Waals surface area contributed by atoms with Crippen molar-refractivity contribution in [3.8, 4) is 0 Å². The molecule has 2 N–H and O–H groups in total. The molecule has 0 spiro atoms. The quantitative estimate of drug-likeness (QED) is 0.393. The maximum absolute atomic E-state index is 7.30. The molecule has 2 rings (SSSR count). The standard InChI is InChI=1S/C15H17ClIN5/c1-15(2,3)14-20-12(16)11(22-18)13(21-14)19-8-9-6-4-5-7-10(9)17/h4-7,18H,8H2,1-3H3,(H,19,20,21). The highest BCUT2D eigenvalue weighted by Crippen LogP contribution is 2.33. The smallest absolute Gasteiger partial charge is 0.165 e. The first kappa shape index (κ1) is 17.1. The second-order valence-electron chi connectivity index (χ2n) is 5.84. The van der Waals surface area contributed by atoms with Gasteiger partial charge in [-0.25, -0.2) is 15.5 Å². The number of benzene rings is 1. The minimum Gasteiger partial charge on any atom is -0.364 e. The lowest BCUT2D eigenvalue weighted by Crippen LogP contribution is -2.17. The third-order valence-electron chi connectivity index (χ3n) is 3.03. The van der Waals surface area contributed by atoms with Crippen LogP contribution in [0.5, 0.6) is 0 Å². The average molecular weight is 430 g/mol. The van der Waals surface area contributed by atoms with Gasteiger partial charge in [0.15, 0.2) is 16.7 Å². The first-order chi connectivity index (χ1) is 10.3. The van der Waals surface area contributed by atoms with Crippen molar-refractivity contribution in [3.63, 3.8) is 0 Å². The Balaban J connectivity index is 2.35. The molecular formula is C15H17ClIN5. The topological polar surface area (TPSA) is 74.0 Å². The summed E-state index contributed by atoms with van der Waals surface area (Å²) in [6.45, 7) is 6.62. The minimum atomic E-state index is -0.234. The van der Waals surface area contributed by atoms with E-state index in [4.69, 9.17) is 17.1 Å². The Bertz CT molecular complexity index is 697. The lowest BCUT2D eigenvalue weighted by atomic mass is 9.96. The minimum absolute atomic E-state index is 0.195. The molecule has 7 heteroatoms. The van der Waals surface area contributed by atoms with E-state index >= 15 is 0 Å². The monoisotopic (exact) mass is 429 g/mol. The van der Waals surface area contributed by atoms with Crippen LogP contribution in [0, 0.1) is 9.10 Å². The van der Waals surface area contributed by atoms with Crippen molar-refractivity contribution in [1.82, 2.24) is 9.97 Å². The summed E-state index contributed by atoms with van der Waals surface area (Å²) in [5, 5.41) is 6.87. The Labute approximate surface area is 148 Å². The molecule has 0 saturated carbocycles. The molecule has 0 aliphatic rings. The van der Waals surface area contributed by atoms with Crippen LogP contribution in [0.1, 0.15) is 32.2 Å². The van der Waals surface area contributed by atoms with Gasteiger partial charge >= 0.3 is 0 Å². The van der Waals surface area contributed by atoms with Crippen molar-refractivity contribution in [3.05, 3.63) is 44.4 Å². The van der Waals surface area contributed by atoms with E-state index in [1.165, 1.54) is 0 Å². The molecular weight excluding hydrogens is 413 g/mol. The number of rotatable bonds is 4. The highest BCUT2D eigenvalue weighted by atomic mass is 127. The lowest BCUT2D eigenvalue weighted by molar-refractivity contribution is 0.546. The van der Waals surface area contributed by atoms with Gasteiger partial charge in [-0.05, 0) is 34.2 Å². The summed E-state index contributed by atoms with van der Waals surface area (Å²) < 4.78 is 1.16. The van der Waals surface area contributed by atoms with Gasteiger partial charge in [-0.3, -0.25) is 0 Å². The normalized spacial score (nSPS) is 11.3. The summed E-state index contributed by atoms with van der Waals surface area (Å²) in [4.78, 5) is 8.75. The molecule has 2 aromatic rings.